The molecule has 1 aliphatic rings. The van der Waals surface area contributed by atoms with Gasteiger partial charge in [0.15, 0.2) is 0 Å². The Kier molecular flexibility index (Phi) is 4.25. The van der Waals surface area contributed by atoms with Crippen LogP contribution in [0.1, 0.15) is 48.2 Å². The highest BCUT2D eigenvalue weighted by Crippen LogP contribution is 2.41. The molecule has 0 heterocycles. The minimum atomic E-state index is -2.23. The SMILES string of the molecule is CC(C)(C)OC(=O)[C@@]1(O)C(=O)c2ccccc2C[C@H]1c1ccccc1. The van der Waals surface area contributed by atoms with Crippen LogP contribution in [0, 0.1) is 0 Å². The number of ether oxygens (including phenoxy) is 1. The number of carbonyl (C=O) groups is 2. The lowest BCUT2D eigenvalue weighted by atomic mass is 9.68. The van der Waals surface area contributed by atoms with Crippen molar-refractivity contribution in [2.75, 3.05) is 0 Å². The summed E-state index contributed by atoms with van der Waals surface area (Å²) >= 11 is 0. The van der Waals surface area contributed by atoms with E-state index in [1.807, 2.05) is 42.5 Å². The zero-order chi connectivity index (χ0) is 18.2. The molecule has 0 aromatic heterocycles. The summed E-state index contributed by atoms with van der Waals surface area (Å²) in [5.41, 5.74) is -1.09. The third-order valence-electron chi connectivity index (χ3n) is 4.45. The van der Waals surface area contributed by atoms with E-state index >= 15 is 0 Å². The highest BCUT2D eigenvalue weighted by molar-refractivity contribution is 6.17. The zero-order valence-corrected chi connectivity index (χ0v) is 14.7. The number of rotatable bonds is 2. The van der Waals surface area contributed by atoms with Crippen molar-refractivity contribution in [1.82, 2.24) is 0 Å². The summed E-state index contributed by atoms with van der Waals surface area (Å²) < 4.78 is 5.41. The van der Waals surface area contributed by atoms with Crippen molar-refractivity contribution in [3.05, 3.63) is 71.3 Å². The minimum Gasteiger partial charge on any atom is -0.457 e. The van der Waals surface area contributed by atoms with Crippen LogP contribution in [-0.4, -0.2) is 28.1 Å². The molecule has 1 aliphatic carbocycles. The number of ketones is 1. The van der Waals surface area contributed by atoms with Crippen LogP contribution in [0.15, 0.2) is 54.6 Å². The van der Waals surface area contributed by atoms with Gasteiger partial charge in [0.25, 0.3) is 0 Å². The smallest absolute Gasteiger partial charge is 0.347 e. The summed E-state index contributed by atoms with van der Waals surface area (Å²) in [6.45, 7) is 5.15. The Balaban J connectivity index is 2.14. The van der Waals surface area contributed by atoms with Crippen molar-refractivity contribution in [3.63, 3.8) is 0 Å². The molecule has 4 nitrogen and oxygen atoms in total. The number of carbonyl (C=O) groups excluding carboxylic acids is 2. The van der Waals surface area contributed by atoms with Crippen LogP contribution in [0.25, 0.3) is 0 Å². The van der Waals surface area contributed by atoms with Crippen LogP contribution in [-0.2, 0) is 16.0 Å². The molecular weight excluding hydrogens is 316 g/mol. The number of hydrogen-bond acceptors (Lipinski definition) is 4. The third-order valence-corrected chi connectivity index (χ3v) is 4.45. The number of Topliss-reactive ketones (excluding diaryl/α,β-unsaturated/α-hetero) is 1. The lowest BCUT2D eigenvalue weighted by molar-refractivity contribution is -0.174. The first-order valence-corrected chi connectivity index (χ1v) is 8.37. The van der Waals surface area contributed by atoms with Crippen molar-refractivity contribution in [2.45, 2.75) is 44.3 Å². The van der Waals surface area contributed by atoms with Crippen LogP contribution >= 0.6 is 0 Å². The molecule has 2 atom stereocenters. The molecule has 3 rings (SSSR count). The Morgan fingerprint density at radius 1 is 1.08 bits per heavy atom. The quantitative estimate of drug-likeness (QED) is 0.674. The van der Waals surface area contributed by atoms with Gasteiger partial charge in [-0.2, -0.15) is 0 Å². The molecule has 0 fully saturated rings. The molecule has 0 bridgehead atoms. The molecule has 4 heteroatoms. The summed E-state index contributed by atoms with van der Waals surface area (Å²) in [6.07, 6.45) is 0.391. The monoisotopic (exact) mass is 338 g/mol. The summed E-state index contributed by atoms with van der Waals surface area (Å²) in [5, 5.41) is 11.3. The van der Waals surface area contributed by atoms with Gasteiger partial charge in [-0.15, -0.1) is 0 Å². The summed E-state index contributed by atoms with van der Waals surface area (Å²) in [7, 11) is 0. The normalized spacial score (nSPS) is 23.0. The van der Waals surface area contributed by atoms with E-state index in [2.05, 4.69) is 0 Å². The van der Waals surface area contributed by atoms with Gasteiger partial charge in [-0.25, -0.2) is 4.79 Å². The number of benzene rings is 2. The van der Waals surface area contributed by atoms with Gasteiger partial charge in [-0.05, 0) is 38.3 Å². The molecule has 2 aromatic rings. The van der Waals surface area contributed by atoms with E-state index in [0.29, 0.717) is 12.0 Å². The second-order valence-corrected chi connectivity index (χ2v) is 7.42. The molecule has 25 heavy (non-hydrogen) atoms. The first kappa shape index (κ1) is 17.4. The first-order chi connectivity index (χ1) is 11.7. The highest BCUT2D eigenvalue weighted by atomic mass is 16.6. The molecule has 0 spiro atoms. The topological polar surface area (TPSA) is 63.6 Å². The largest absolute Gasteiger partial charge is 0.457 e. The van der Waals surface area contributed by atoms with Crippen LogP contribution in [0.4, 0.5) is 0 Å². The van der Waals surface area contributed by atoms with Crippen LogP contribution in [0.5, 0.6) is 0 Å². The lowest BCUT2D eigenvalue weighted by Gasteiger charge is -2.39. The second kappa shape index (κ2) is 6.12. The van der Waals surface area contributed by atoms with Crippen molar-refractivity contribution < 1.29 is 19.4 Å². The van der Waals surface area contributed by atoms with Crippen molar-refractivity contribution in [2.24, 2.45) is 0 Å². The van der Waals surface area contributed by atoms with Gasteiger partial charge in [0.05, 0.1) is 0 Å². The van der Waals surface area contributed by atoms with Gasteiger partial charge < -0.3 is 9.84 Å². The van der Waals surface area contributed by atoms with Crippen molar-refractivity contribution in [3.8, 4) is 0 Å². The summed E-state index contributed by atoms with van der Waals surface area (Å²) in [5.74, 6) is -2.18. The lowest BCUT2D eigenvalue weighted by Crippen LogP contribution is -2.56. The van der Waals surface area contributed by atoms with Crippen LogP contribution < -0.4 is 0 Å². The average molecular weight is 338 g/mol. The maximum absolute atomic E-state index is 13.1. The average Bonchev–Trinajstić information content (AvgIpc) is 2.57. The van der Waals surface area contributed by atoms with Crippen molar-refractivity contribution in [1.29, 1.82) is 0 Å². The van der Waals surface area contributed by atoms with E-state index in [1.165, 1.54) is 0 Å². The summed E-state index contributed by atoms with van der Waals surface area (Å²) in [4.78, 5) is 25.9. The molecular formula is C21H22O4. The molecule has 0 saturated carbocycles. The Hall–Kier alpha value is -2.46. The Morgan fingerprint density at radius 2 is 1.68 bits per heavy atom. The fraction of sp³-hybridized carbons (Fsp3) is 0.333. The molecule has 0 aliphatic heterocycles. The number of aliphatic hydroxyl groups is 1. The van der Waals surface area contributed by atoms with Crippen LogP contribution in [0.2, 0.25) is 0 Å². The van der Waals surface area contributed by atoms with E-state index in [9.17, 15) is 14.7 Å². The number of fused-ring (bicyclic) bond motifs is 1. The summed E-state index contributed by atoms with van der Waals surface area (Å²) in [6, 6.07) is 16.2. The standard InChI is InChI=1S/C21H22O4/c1-20(2,3)25-19(23)21(24)17(14-9-5-4-6-10-14)13-15-11-7-8-12-16(15)18(21)22/h4-12,17,24H,13H2,1-3H3/t17-,21-/m0/s1. The van der Waals surface area contributed by atoms with Gasteiger partial charge in [0.2, 0.25) is 11.4 Å². The predicted molar refractivity (Wildman–Crippen MR) is 94.5 cm³/mol. The van der Waals surface area contributed by atoms with Gasteiger partial charge in [-0.3, -0.25) is 4.79 Å². The van der Waals surface area contributed by atoms with E-state index < -0.39 is 28.9 Å². The Labute approximate surface area is 147 Å². The maximum atomic E-state index is 13.1. The fourth-order valence-corrected chi connectivity index (χ4v) is 3.29. The van der Waals surface area contributed by atoms with E-state index in [4.69, 9.17) is 4.74 Å². The van der Waals surface area contributed by atoms with E-state index in [1.54, 1.807) is 32.9 Å². The van der Waals surface area contributed by atoms with E-state index in [0.717, 1.165) is 11.1 Å². The highest BCUT2D eigenvalue weighted by Gasteiger charge is 2.56. The molecule has 0 radical (unpaired) electrons. The maximum Gasteiger partial charge on any atom is 0.347 e. The predicted octanol–water partition coefficient (Wildman–Crippen LogP) is 3.28. The van der Waals surface area contributed by atoms with Crippen LogP contribution in [0.3, 0.4) is 0 Å². The Bertz CT molecular complexity index is 804. The van der Waals surface area contributed by atoms with Crippen molar-refractivity contribution >= 4 is 11.8 Å². The number of hydrogen-bond donors (Lipinski definition) is 1. The molecule has 0 saturated heterocycles. The van der Waals surface area contributed by atoms with Gasteiger partial charge in [0.1, 0.15) is 5.60 Å². The molecule has 130 valence electrons. The molecule has 0 amide bonds. The fourth-order valence-electron chi connectivity index (χ4n) is 3.29. The first-order valence-electron chi connectivity index (χ1n) is 8.37. The molecule has 0 unspecified atom stereocenters. The molecule has 1 N–H and O–H groups in total. The van der Waals surface area contributed by atoms with Gasteiger partial charge >= 0.3 is 5.97 Å². The van der Waals surface area contributed by atoms with Gasteiger partial charge in [0, 0.05) is 11.5 Å². The second-order valence-electron chi connectivity index (χ2n) is 7.42. The molecule has 2 aromatic carbocycles. The zero-order valence-electron chi connectivity index (χ0n) is 14.7. The third kappa shape index (κ3) is 3.10. The number of esters is 1. The van der Waals surface area contributed by atoms with E-state index in [-0.39, 0.29) is 0 Å². The van der Waals surface area contributed by atoms with Gasteiger partial charge in [-0.1, -0.05) is 54.6 Å². The minimum absolute atomic E-state index is 0.378. The Morgan fingerprint density at radius 3 is 2.32 bits per heavy atom.